The van der Waals surface area contributed by atoms with Crippen molar-refractivity contribution in [3.8, 4) is 5.75 Å². The van der Waals surface area contributed by atoms with E-state index >= 15 is 0 Å². The standard InChI is InChI=1S/C23H27N3O4/c1-17-15-26(21(27)16-29-19-7-3-2-4-8-19)13-11-23(17)10-9-20(30-23)22(28)25-18-6-5-12-24-14-18/h2-8,12,14,17,20H,9-11,13,15-16H2,1H3,(H,25,28)/t17-,20+,23-/m1/s1. The normalized spacial score (nSPS) is 25.8. The second-order valence-corrected chi connectivity index (χ2v) is 8.03. The minimum Gasteiger partial charge on any atom is -0.484 e. The lowest BCUT2D eigenvalue weighted by atomic mass is 9.80. The van der Waals surface area contributed by atoms with Gasteiger partial charge in [-0.15, -0.1) is 0 Å². The fourth-order valence-electron chi connectivity index (χ4n) is 4.31. The number of ether oxygens (including phenoxy) is 2. The summed E-state index contributed by atoms with van der Waals surface area (Å²) in [6, 6.07) is 12.9. The molecule has 0 aliphatic carbocycles. The third-order valence-corrected chi connectivity index (χ3v) is 6.08. The first-order valence-electron chi connectivity index (χ1n) is 10.4. The first-order valence-corrected chi connectivity index (χ1v) is 10.4. The Kier molecular flexibility index (Phi) is 5.99. The Balaban J connectivity index is 1.29. The number of nitrogens with zero attached hydrogens (tertiary/aromatic N) is 2. The molecule has 0 radical (unpaired) electrons. The molecule has 2 aliphatic rings. The van der Waals surface area contributed by atoms with Crippen LogP contribution >= 0.6 is 0 Å². The molecule has 2 amide bonds. The molecular formula is C23H27N3O4. The summed E-state index contributed by atoms with van der Waals surface area (Å²) in [5.41, 5.74) is 0.313. The highest BCUT2D eigenvalue weighted by Gasteiger charge is 2.49. The maximum Gasteiger partial charge on any atom is 0.260 e. The van der Waals surface area contributed by atoms with E-state index in [0.29, 0.717) is 30.9 Å². The quantitative estimate of drug-likeness (QED) is 0.821. The largest absolute Gasteiger partial charge is 0.484 e. The van der Waals surface area contributed by atoms with Crippen molar-refractivity contribution in [3.05, 3.63) is 54.9 Å². The number of hydrogen-bond acceptors (Lipinski definition) is 5. The van der Waals surface area contributed by atoms with Gasteiger partial charge in [0, 0.05) is 25.2 Å². The number of likely N-dealkylation sites (tertiary alicyclic amines) is 1. The van der Waals surface area contributed by atoms with Crippen LogP contribution in [0.25, 0.3) is 0 Å². The lowest BCUT2D eigenvalue weighted by Crippen LogP contribution is -2.53. The van der Waals surface area contributed by atoms with Crippen molar-refractivity contribution >= 4 is 17.5 Å². The van der Waals surface area contributed by atoms with Crippen LogP contribution in [0.1, 0.15) is 26.2 Å². The maximum atomic E-state index is 12.6. The van der Waals surface area contributed by atoms with Crippen LogP contribution in [0.5, 0.6) is 5.75 Å². The van der Waals surface area contributed by atoms with E-state index in [9.17, 15) is 9.59 Å². The molecule has 2 saturated heterocycles. The van der Waals surface area contributed by atoms with Gasteiger partial charge < -0.3 is 19.7 Å². The van der Waals surface area contributed by atoms with Gasteiger partial charge in [-0.3, -0.25) is 14.6 Å². The fourth-order valence-corrected chi connectivity index (χ4v) is 4.31. The highest BCUT2D eigenvalue weighted by atomic mass is 16.5. The summed E-state index contributed by atoms with van der Waals surface area (Å²) in [6.45, 7) is 3.34. The summed E-state index contributed by atoms with van der Waals surface area (Å²) in [5, 5.41) is 2.87. The van der Waals surface area contributed by atoms with Crippen LogP contribution in [-0.4, -0.2) is 53.1 Å². The van der Waals surface area contributed by atoms with E-state index in [1.165, 1.54) is 0 Å². The minimum atomic E-state index is -0.476. The highest BCUT2D eigenvalue weighted by Crippen LogP contribution is 2.42. The first-order chi connectivity index (χ1) is 14.6. The molecule has 1 N–H and O–H groups in total. The van der Waals surface area contributed by atoms with Gasteiger partial charge >= 0.3 is 0 Å². The number of rotatable bonds is 5. The Bertz CT molecular complexity index is 877. The van der Waals surface area contributed by atoms with Gasteiger partial charge in [-0.1, -0.05) is 25.1 Å². The molecule has 3 atom stereocenters. The van der Waals surface area contributed by atoms with Crippen LogP contribution in [-0.2, 0) is 14.3 Å². The van der Waals surface area contributed by atoms with Gasteiger partial charge in [0.2, 0.25) is 0 Å². The smallest absolute Gasteiger partial charge is 0.260 e. The molecule has 7 heteroatoms. The van der Waals surface area contributed by atoms with Gasteiger partial charge in [0.05, 0.1) is 17.5 Å². The number of pyridine rings is 1. The molecule has 3 heterocycles. The second kappa shape index (κ2) is 8.83. The average molecular weight is 409 g/mol. The highest BCUT2D eigenvalue weighted by molar-refractivity contribution is 5.94. The van der Waals surface area contributed by atoms with Crippen LogP contribution in [0.4, 0.5) is 5.69 Å². The van der Waals surface area contributed by atoms with Crippen LogP contribution in [0.15, 0.2) is 54.9 Å². The molecule has 158 valence electrons. The van der Waals surface area contributed by atoms with Gasteiger partial charge in [-0.05, 0) is 43.5 Å². The lowest BCUT2D eigenvalue weighted by molar-refractivity contribution is -0.152. The molecule has 2 aliphatic heterocycles. The second-order valence-electron chi connectivity index (χ2n) is 8.03. The number of carbonyl (C=O) groups excluding carboxylic acids is 2. The van der Waals surface area contributed by atoms with Crippen LogP contribution < -0.4 is 10.1 Å². The van der Waals surface area contributed by atoms with Gasteiger partial charge in [0.1, 0.15) is 11.9 Å². The number of anilines is 1. The van der Waals surface area contributed by atoms with Crippen LogP contribution in [0, 0.1) is 5.92 Å². The maximum absolute atomic E-state index is 12.6. The number of aromatic nitrogens is 1. The Morgan fingerprint density at radius 3 is 2.80 bits per heavy atom. The third-order valence-electron chi connectivity index (χ3n) is 6.08. The molecule has 1 aromatic carbocycles. The van der Waals surface area contributed by atoms with Gasteiger partial charge in [-0.2, -0.15) is 0 Å². The predicted octanol–water partition coefficient (Wildman–Crippen LogP) is 2.89. The Morgan fingerprint density at radius 1 is 1.23 bits per heavy atom. The topological polar surface area (TPSA) is 80.8 Å². The van der Waals surface area contributed by atoms with Crippen molar-refractivity contribution in [1.29, 1.82) is 0 Å². The Labute approximate surface area is 176 Å². The first kappa shape index (κ1) is 20.3. The van der Waals surface area contributed by atoms with Crippen molar-refractivity contribution in [3.63, 3.8) is 0 Å². The van der Waals surface area contributed by atoms with E-state index in [0.717, 1.165) is 12.8 Å². The molecule has 0 unspecified atom stereocenters. The molecule has 2 fully saturated rings. The van der Waals surface area contributed by atoms with Crippen molar-refractivity contribution in [1.82, 2.24) is 9.88 Å². The molecule has 1 aromatic heterocycles. The molecular weight excluding hydrogens is 382 g/mol. The fraction of sp³-hybridized carbons (Fsp3) is 0.435. The van der Waals surface area contributed by atoms with Gasteiger partial charge in [0.15, 0.2) is 6.61 Å². The van der Waals surface area contributed by atoms with E-state index in [-0.39, 0.29) is 29.9 Å². The van der Waals surface area contributed by atoms with E-state index in [4.69, 9.17) is 9.47 Å². The number of amides is 2. The summed E-state index contributed by atoms with van der Waals surface area (Å²) in [5.74, 6) is 0.670. The summed E-state index contributed by atoms with van der Waals surface area (Å²) in [6.07, 6.45) is 5.03. The number of para-hydroxylation sites is 1. The summed E-state index contributed by atoms with van der Waals surface area (Å²) in [4.78, 5) is 31.0. The molecule has 0 bridgehead atoms. The molecule has 2 aromatic rings. The van der Waals surface area contributed by atoms with Crippen molar-refractivity contribution < 1.29 is 19.1 Å². The van der Waals surface area contributed by atoms with Crippen LogP contribution in [0.3, 0.4) is 0 Å². The van der Waals surface area contributed by atoms with Crippen molar-refractivity contribution in [2.45, 2.75) is 37.9 Å². The minimum absolute atomic E-state index is 0.0237. The predicted molar refractivity (Wildman–Crippen MR) is 112 cm³/mol. The number of carbonyl (C=O) groups is 2. The molecule has 30 heavy (non-hydrogen) atoms. The van der Waals surface area contributed by atoms with Gasteiger partial charge in [0.25, 0.3) is 11.8 Å². The number of piperidine rings is 1. The SMILES string of the molecule is C[C@@H]1CN(C(=O)COc2ccccc2)CC[C@]12CC[C@@H](C(=O)Nc1cccnc1)O2. The van der Waals surface area contributed by atoms with E-state index in [1.54, 1.807) is 24.5 Å². The zero-order chi connectivity index (χ0) is 21.0. The Morgan fingerprint density at radius 2 is 2.07 bits per heavy atom. The zero-order valence-corrected chi connectivity index (χ0v) is 17.1. The van der Waals surface area contributed by atoms with Crippen LogP contribution in [0.2, 0.25) is 0 Å². The molecule has 7 nitrogen and oxygen atoms in total. The van der Waals surface area contributed by atoms with Crippen molar-refractivity contribution in [2.75, 3.05) is 25.0 Å². The number of nitrogens with one attached hydrogen (secondary N) is 1. The van der Waals surface area contributed by atoms with Crippen molar-refractivity contribution in [2.24, 2.45) is 5.92 Å². The summed E-state index contributed by atoms with van der Waals surface area (Å²) in [7, 11) is 0. The molecule has 0 saturated carbocycles. The third kappa shape index (κ3) is 4.46. The number of benzene rings is 1. The molecule has 1 spiro atoms. The Hall–Kier alpha value is -2.93. The molecule has 4 rings (SSSR count). The summed E-state index contributed by atoms with van der Waals surface area (Å²) >= 11 is 0. The average Bonchev–Trinajstić information content (AvgIpc) is 3.21. The lowest BCUT2D eigenvalue weighted by Gasteiger charge is -2.44. The number of hydrogen-bond donors (Lipinski definition) is 1. The summed E-state index contributed by atoms with van der Waals surface area (Å²) < 4.78 is 11.9. The zero-order valence-electron chi connectivity index (χ0n) is 17.1. The van der Waals surface area contributed by atoms with E-state index < -0.39 is 6.10 Å². The van der Waals surface area contributed by atoms with E-state index in [2.05, 4.69) is 17.2 Å². The van der Waals surface area contributed by atoms with Gasteiger partial charge in [-0.25, -0.2) is 0 Å². The monoisotopic (exact) mass is 409 g/mol. The van der Waals surface area contributed by atoms with E-state index in [1.807, 2.05) is 35.2 Å².